The number of benzene rings is 1. The Balaban J connectivity index is 1.99. The number of hydrogen-bond acceptors (Lipinski definition) is 3. The van der Waals surface area contributed by atoms with E-state index >= 15 is 0 Å². The zero-order valence-corrected chi connectivity index (χ0v) is 15.1. The molecule has 1 heterocycles. The highest BCUT2D eigenvalue weighted by Gasteiger charge is 2.30. The van der Waals surface area contributed by atoms with Crippen LogP contribution in [0.5, 0.6) is 0 Å². The molecule has 1 aromatic rings. The molecule has 0 radical (unpaired) electrons. The fourth-order valence-electron chi connectivity index (χ4n) is 3.83. The summed E-state index contributed by atoms with van der Waals surface area (Å²) in [6, 6.07) is 3.66. The van der Waals surface area contributed by atoms with Gasteiger partial charge in [0.2, 0.25) is 0 Å². The van der Waals surface area contributed by atoms with Gasteiger partial charge in [-0.05, 0) is 50.8 Å². The van der Waals surface area contributed by atoms with Crippen LogP contribution in [0.15, 0.2) is 18.2 Å². The van der Waals surface area contributed by atoms with Gasteiger partial charge in [0.25, 0.3) is 0 Å². The monoisotopic (exact) mass is 345 g/mol. The maximum atomic E-state index is 12.7. The minimum Gasteiger partial charge on any atom is -0.379 e. The van der Waals surface area contributed by atoms with Gasteiger partial charge >= 0.3 is 0 Å². The maximum Gasteiger partial charge on any atom is 0.160 e. The SMILES string of the molecule is CC1(C)Cc2cc(Cl)c(C=O)cc2/C(=C/C(=O)C2CCCCC2)N1. The van der Waals surface area contributed by atoms with E-state index in [9.17, 15) is 9.59 Å². The van der Waals surface area contributed by atoms with Crippen LogP contribution in [0.2, 0.25) is 5.02 Å². The second-order valence-electron chi connectivity index (χ2n) is 7.63. The number of carbonyl (C=O) groups excluding carboxylic acids is 2. The molecule has 24 heavy (non-hydrogen) atoms. The van der Waals surface area contributed by atoms with E-state index in [0.717, 1.165) is 55.2 Å². The van der Waals surface area contributed by atoms with Gasteiger partial charge in [0.15, 0.2) is 12.1 Å². The van der Waals surface area contributed by atoms with E-state index in [0.29, 0.717) is 10.6 Å². The molecule has 2 aliphatic rings. The molecule has 1 aliphatic heterocycles. The lowest BCUT2D eigenvalue weighted by molar-refractivity contribution is -0.119. The van der Waals surface area contributed by atoms with Crippen LogP contribution < -0.4 is 5.32 Å². The quantitative estimate of drug-likeness (QED) is 0.645. The van der Waals surface area contributed by atoms with E-state index in [1.807, 2.05) is 6.07 Å². The Morgan fingerprint density at radius 1 is 1.25 bits per heavy atom. The van der Waals surface area contributed by atoms with E-state index in [1.165, 1.54) is 6.42 Å². The van der Waals surface area contributed by atoms with Crippen molar-refractivity contribution in [3.8, 4) is 0 Å². The zero-order valence-electron chi connectivity index (χ0n) is 14.3. The minimum atomic E-state index is -0.155. The molecule has 0 aromatic heterocycles. The summed E-state index contributed by atoms with van der Waals surface area (Å²) in [5.74, 6) is 0.336. The third kappa shape index (κ3) is 3.56. The molecule has 1 N–H and O–H groups in total. The first kappa shape index (κ1) is 17.2. The van der Waals surface area contributed by atoms with Crippen molar-refractivity contribution in [3.05, 3.63) is 39.9 Å². The first-order valence-electron chi connectivity index (χ1n) is 8.71. The van der Waals surface area contributed by atoms with Crippen LogP contribution in [0.25, 0.3) is 5.70 Å². The number of nitrogens with one attached hydrogen (secondary N) is 1. The fourth-order valence-corrected chi connectivity index (χ4v) is 4.06. The smallest absolute Gasteiger partial charge is 0.160 e. The van der Waals surface area contributed by atoms with E-state index in [1.54, 1.807) is 12.1 Å². The van der Waals surface area contributed by atoms with Crippen molar-refractivity contribution in [2.45, 2.75) is 57.9 Å². The molecule has 1 aromatic carbocycles. The van der Waals surface area contributed by atoms with Gasteiger partial charge in [-0.1, -0.05) is 30.9 Å². The number of rotatable bonds is 3. The summed E-state index contributed by atoms with van der Waals surface area (Å²) in [4.78, 5) is 23.9. The first-order valence-corrected chi connectivity index (χ1v) is 9.09. The van der Waals surface area contributed by atoms with Crippen LogP contribution in [0.3, 0.4) is 0 Å². The Kier molecular flexibility index (Phi) is 4.82. The highest BCUT2D eigenvalue weighted by molar-refractivity contribution is 6.33. The Labute approximate surface area is 148 Å². The van der Waals surface area contributed by atoms with Crippen molar-refractivity contribution in [3.63, 3.8) is 0 Å². The summed E-state index contributed by atoms with van der Waals surface area (Å²) in [7, 11) is 0. The number of fused-ring (bicyclic) bond motifs is 1. The Morgan fingerprint density at radius 3 is 2.62 bits per heavy atom. The Bertz CT molecular complexity index is 700. The third-order valence-electron chi connectivity index (χ3n) is 5.04. The van der Waals surface area contributed by atoms with Crippen molar-refractivity contribution in [1.29, 1.82) is 0 Å². The lowest BCUT2D eigenvalue weighted by Gasteiger charge is -2.36. The molecular formula is C20H24ClNO2. The number of ketones is 1. The summed E-state index contributed by atoms with van der Waals surface area (Å²) in [6.45, 7) is 4.22. The minimum absolute atomic E-state index is 0.138. The molecule has 0 spiro atoms. The van der Waals surface area contributed by atoms with E-state index in [2.05, 4.69) is 19.2 Å². The predicted molar refractivity (Wildman–Crippen MR) is 97.3 cm³/mol. The van der Waals surface area contributed by atoms with Crippen molar-refractivity contribution >= 4 is 29.4 Å². The van der Waals surface area contributed by atoms with Gasteiger partial charge in [-0.25, -0.2) is 0 Å². The molecule has 0 unspecified atom stereocenters. The third-order valence-corrected chi connectivity index (χ3v) is 5.37. The standard InChI is InChI=1S/C20H24ClNO2/c1-20(2)11-14-9-17(21)15(12-23)8-16(14)18(22-20)10-19(24)13-6-4-3-5-7-13/h8-10,12-13,22H,3-7,11H2,1-2H3/b18-10-. The van der Waals surface area contributed by atoms with Crippen molar-refractivity contribution < 1.29 is 9.59 Å². The van der Waals surface area contributed by atoms with E-state index < -0.39 is 0 Å². The van der Waals surface area contributed by atoms with E-state index in [-0.39, 0.29) is 17.2 Å². The molecule has 3 rings (SSSR count). The summed E-state index contributed by atoms with van der Waals surface area (Å²) in [6.07, 6.45) is 8.80. The van der Waals surface area contributed by atoms with Crippen LogP contribution >= 0.6 is 11.6 Å². The summed E-state index contributed by atoms with van der Waals surface area (Å²) in [5.41, 5.74) is 3.13. The Morgan fingerprint density at radius 2 is 1.96 bits per heavy atom. The first-order chi connectivity index (χ1) is 11.4. The van der Waals surface area contributed by atoms with Gasteiger partial charge in [-0.2, -0.15) is 0 Å². The number of allylic oxidation sites excluding steroid dienone is 1. The van der Waals surface area contributed by atoms with Gasteiger partial charge in [0, 0.05) is 34.4 Å². The average Bonchev–Trinajstić information content (AvgIpc) is 2.54. The molecular weight excluding hydrogens is 322 g/mol. The number of halogens is 1. The molecule has 128 valence electrons. The average molecular weight is 346 g/mol. The summed E-state index contributed by atoms with van der Waals surface area (Å²) >= 11 is 6.19. The number of hydrogen-bond donors (Lipinski definition) is 1. The van der Waals surface area contributed by atoms with Crippen LogP contribution in [-0.2, 0) is 11.2 Å². The van der Waals surface area contributed by atoms with Crippen LogP contribution in [0, 0.1) is 5.92 Å². The zero-order chi connectivity index (χ0) is 17.3. The normalized spacial score (nSPS) is 21.9. The number of aldehydes is 1. The largest absolute Gasteiger partial charge is 0.379 e. The van der Waals surface area contributed by atoms with Crippen LogP contribution in [0.4, 0.5) is 0 Å². The summed E-state index contributed by atoms with van der Waals surface area (Å²) in [5, 5.41) is 3.94. The molecule has 0 bridgehead atoms. The van der Waals surface area contributed by atoms with Crippen molar-refractivity contribution in [2.24, 2.45) is 5.92 Å². The van der Waals surface area contributed by atoms with Crippen molar-refractivity contribution in [2.75, 3.05) is 0 Å². The lowest BCUT2D eigenvalue weighted by atomic mass is 9.82. The molecule has 4 heteroatoms. The highest BCUT2D eigenvalue weighted by atomic mass is 35.5. The highest BCUT2D eigenvalue weighted by Crippen LogP contribution is 2.34. The Hall–Kier alpha value is -1.61. The molecule has 3 nitrogen and oxygen atoms in total. The molecule has 1 saturated carbocycles. The van der Waals surface area contributed by atoms with Crippen LogP contribution in [-0.4, -0.2) is 17.6 Å². The van der Waals surface area contributed by atoms with Gasteiger partial charge in [0.05, 0.1) is 5.02 Å². The molecule has 0 amide bonds. The summed E-state index contributed by atoms with van der Waals surface area (Å²) < 4.78 is 0. The molecule has 1 aliphatic carbocycles. The molecule has 1 fully saturated rings. The number of carbonyl (C=O) groups is 2. The molecule has 0 atom stereocenters. The van der Waals surface area contributed by atoms with Gasteiger partial charge in [0.1, 0.15) is 0 Å². The molecule has 0 saturated heterocycles. The fraction of sp³-hybridized carbons (Fsp3) is 0.500. The van der Waals surface area contributed by atoms with Crippen LogP contribution in [0.1, 0.15) is 67.4 Å². The predicted octanol–water partition coefficient (Wildman–Crippen LogP) is 4.57. The van der Waals surface area contributed by atoms with Gasteiger partial charge in [-0.15, -0.1) is 0 Å². The van der Waals surface area contributed by atoms with E-state index in [4.69, 9.17) is 11.6 Å². The second kappa shape index (κ2) is 6.72. The van der Waals surface area contributed by atoms with Crippen molar-refractivity contribution in [1.82, 2.24) is 5.32 Å². The van der Waals surface area contributed by atoms with Gasteiger partial charge in [-0.3, -0.25) is 9.59 Å². The van der Waals surface area contributed by atoms with Gasteiger partial charge < -0.3 is 5.32 Å². The lowest BCUT2D eigenvalue weighted by Crippen LogP contribution is -2.44. The maximum absolute atomic E-state index is 12.7. The topological polar surface area (TPSA) is 46.2 Å². The second-order valence-corrected chi connectivity index (χ2v) is 8.04.